The quantitative estimate of drug-likeness (QED) is 0.0765. The Morgan fingerprint density at radius 3 is 0.810 bits per heavy atom. The number of rotatable bonds is 5. The maximum absolute atomic E-state index is 15.5. The lowest BCUT2D eigenvalue weighted by Gasteiger charge is -2.40. The van der Waals surface area contributed by atoms with Gasteiger partial charge in [-0.3, -0.25) is 0 Å². The third-order valence-electron chi connectivity index (χ3n) is 6.76. The first-order chi connectivity index (χ1) is 19.5. The minimum absolute atomic E-state index is 0.551. The number of hydrogen-bond acceptors (Lipinski definition) is 0. The molecule has 4 rings (SSSR count). The van der Waals surface area contributed by atoms with Crippen LogP contribution < -0.4 is 15.6 Å². The van der Waals surface area contributed by atoms with E-state index in [4.69, 9.17) is 0 Å². The summed E-state index contributed by atoms with van der Waals surface area (Å²) in [6.07, 6.45) is 0. The molecule has 0 aliphatic rings. The van der Waals surface area contributed by atoms with Crippen molar-refractivity contribution in [2.75, 3.05) is 0 Å². The average Bonchev–Trinajstić information content (AvgIpc) is 2.98. The van der Waals surface area contributed by atoms with Crippen LogP contribution in [0.4, 0.5) is 65.9 Å². The molecule has 4 aromatic rings. The second-order valence-electron chi connectivity index (χ2n) is 8.78. The van der Waals surface area contributed by atoms with Crippen LogP contribution in [0, 0.1) is 87.3 Å². The Bertz CT molecular complexity index is 1500. The highest BCUT2D eigenvalue weighted by Gasteiger charge is 2.58. The monoisotopic (exact) mass is 634 g/mol. The van der Waals surface area contributed by atoms with Crippen molar-refractivity contribution in [3.8, 4) is 0 Å². The lowest BCUT2D eigenvalue weighted by molar-refractivity contribution is 0.379. The fourth-order valence-electron chi connectivity index (χ4n) is 4.87. The second kappa shape index (κ2) is 10.7. The first-order valence-electron chi connectivity index (χ1n) is 11.2. The van der Waals surface area contributed by atoms with Crippen molar-refractivity contribution in [2.45, 2.75) is 12.5 Å². The molecule has 4 aromatic carbocycles. The van der Waals surface area contributed by atoms with Gasteiger partial charge < -0.3 is 0 Å². The Morgan fingerprint density at radius 2 is 0.571 bits per heavy atom. The van der Waals surface area contributed by atoms with Gasteiger partial charge in [0.15, 0.2) is 77.9 Å². The lowest BCUT2D eigenvalue weighted by Crippen LogP contribution is -2.76. The minimum atomic E-state index is -6.98. The lowest BCUT2D eigenvalue weighted by atomic mass is 10.2. The molecule has 0 bridgehead atoms. The predicted molar refractivity (Wildman–Crippen MR) is 118 cm³/mol. The highest BCUT2D eigenvalue weighted by molar-refractivity contribution is 7.12. The van der Waals surface area contributed by atoms with Gasteiger partial charge in [-0.15, -0.1) is 0 Å². The van der Waals surface area contributed by atoms with Gasteiger partial charge in [0.25, 0.3) is 0 Å². The molecule has 0 radical (unpaired) electrons. The van der Waals surface area contributed by atoms with Gasteiger partial charge >= 0.3 is 0 Å². The Balaban J connectivity index is 2.53. The van der Waals surface area contributed by atoms with Crippen LogP contribution in [0.1, 0.15) is 18.0 Å². The molecule has 0 saturated carbocycles. The molecule has 16 heteroatoms. The van der Waals surface area contributed by atoms with E-state index in [9.17, 15) is 39.5 Å². The molecule has 1 unspecified atom stereocenters. The van der Waals surface area contributed by atoms with E-state index in [-0.39, 0.29) is 0 Å². The maximum Gasteiger partial charge on any atom is 0.200 e. The molecule has 0 aromatic heterocycles. The van der Waals surface area contributed by atoms with E-state index < -0.39 is 122 Å². The third kappa shape index (κ3) is 4.09. The zero-order valence-corrected chi connectivity index (χ0v) is 21.1. The van der Waals surface area contributed by atoms with Gasteiger partial charge in [-0.25, -0.2) is 65.9 Å². The van der Waals surface area contributed by atoms with E-state index in [0.29, 0.717) is 6.92 Å². The van der Waals surface area contributed by atoms with Gasteiger partial charge in [0, 0.05) is 15.6 Å². The van der Waals surface area contributed by atoms with Crippen LogP contribution >= 0.6 is 0 Å². The molecule has 1 atom stereocenters. The Labute approximate surface area is 225 Å². The molecular weight excluding hydrogens is 625 g/mol. The van der Waals surface area contributed by atoms with Gasteiger partial charge in [-0.05, 0) is 11.1 Å². The van der Waals surface area contributed by atoms with E-state index in [1.807, 2.05) is 0 Å². The molecule has 222 valence electrons. The Morgan fingerprint density at radius 1 is 0.357 bits per heavy atom. The average molecular weight is 634 g/mol. The zero-order chi connectivity index (χ0) is 31.6. The van der Waals surface area contributed by atoms with Gasteiger partial charge in [0.1, 0.15) is 0 Å². The van der Waals surface area contributed by atoms with E-state index in [0.717, 1.165) is 24.3 Å². The number of benzene rings is 4. The smallest absolute Gasteiger partial charge is 0.200 e. The summed E-state index contributed by atoms with van der Waals surface area (Å²) >= 11 is 0. The summed E-state index contributed by atoms with van der Waals surface area (Å²) in [5, 5.41) is -7.66. The summed E-state index contributed by atoms with van der Waals surface area (Å²) in [5.41, 5.74) is -3.05. The summed E-state index contributed by atoms with van der Waals surface area (Å²) < 4.78 is 223. The zero-order valence-electron chi connectivity index (χ0n) is 20.1. The summed E-state index contributed by atoms with van der Waals surface area (Å²) in [6, 6.07) is 5.07. The predicted octanol–water partition coefficient (Wildman–Crippen LogP) is 6.59. The van der Waals surface area contributed by atoms with Crippen molar-refractivity contribution in [1.82, 2.24) is 0 Å². The summed E-state index contributed by atoms with van der Waals surface area (Å²) in [5.74, 6) is -44.9. The number of hydrogen-bond donors (Lipinski definition) is 0. The van der Waals surface area contributed by atoms with Crippen molar-refractivity contribution in [3.63, 3.8) is 0 Å². The maximum atomic E-state index is 15.5. The molecule has 0 nitrogen and oxygen atoms in total. The van der Waals surface area contributed by atoms with Crippen molar-refractivity contribution >= 4 is 23.6 Å². The Kier molecular flexibility index (Phi) is 7.90. The van der Waals surface area contributed by atoms with Gasteiger partial charge in [0.05, 0.1) is 0 Å². The molecule has 42 heavy (non-hydrogen) atoms. The van der Waals surface area contributed by atoms with Crippen LogP contribution in [0.3, 0.4) is 0 Å². The van der Waals surface area contributed by atoms with Crippen LogP contribution in [-0.2, 0) is 0 Å². The fraction of sp³-hybridized carbons (Fsp3) is 0.0769. The first-order valence-corrected chi connectivity index (χ1v) is 13.2. The first kappa shape index (κ1) is 31.0. The van der Waals surface area contributed by atoms with E-state index in [2.05, 4.69) is 0 Å². The molecule has 0 aliphatic heterocycles. The largest absolute Gasteiger partial charge is 0.204 e. The minimum Gasteiger partial charge on any atom is -0.204 e. The van der Waals surface area contributed by atoms with Gasteiger partial charge in [0.2, 0.25) is 17.5 Å². The molecule has 0 aliphatic carbocycles. The summed E-state index contributed by atoms with van der Waals surface area (Å²) in [6.45, 7) is 0.551. The SMILES string of the molecule is CC(c1ccccc1)[Si](c1c(F)c(F)c(F)c(F)c1F)(c1c(F)c(F)c(F)c(F)c1F)c1c(F)c(F)c(F)c(F)c1F. The van der Waals surface area contributed by atoms with Crippen molar-refractivity contribution in [3.05, 3.63) is 123 Å². The Hall–Kier alpha value is -3.95. The molecule has 0 saturated heterocycles. The molecule has 0 N–H and O–H groups in total. The van der Waals surface area contributed by atoms with E-state index in [1.165, 1.54) is 6.07 Å². The van der Waals surface area contributed by atoms with Crippen molar-refractivity contribution in [2.24, 2.45) is 0 Å². The van der Waals surface area contributed by atoms with Crippen LogP contribution in [0.25, 0.3) is 0 Å². The van der Waals surface area contributed by atoms with Gasteiger partial charge in [-0.2, -0.15) is 0 Å². The highest BCUT2D eigenvalue weighted by Crippen LogP contribution is 2.35. The third-order valence-corrected chi connectivity index (χ3v) is 12.1. The molecular formula is C26H9F15Si. The van der Waals surface area contributed by atoms with Gasteiger partial charge in [-0.1, -0.05) is 37.3 Å². The standard InChI is InChI=1S/C26H9F15Si/c1-7(8-5-3-2-4-6-8)42(24-18(36)12(30)9(27)13(31)19(24)37,25-20(38)14(32)10(28)15(33)21(25)39)26-22(40)16(34)11(29)17(35)23(26)41/h2-7H,1H3. The molecule has 0 heterocycles. The van der Waals surface area contributed by atoms with Crippen LogP contribution in [0.2, 0.25) is 0 Å². The highest BCUT2D eigenvalue weighted by atomic mass is 28.3. The van der Waals surface area contributed by atoms with Crippen molar-refractivity contribution in [1.29, 1.82) is 0 Å². The van der Waals surface area contributed by atoms with Crippen LogP contribution in [0.5, 0.6) is 0 Å². The topological polar surface area (TPSA) is 0 Å². The van der Waals surface area contributed by atoms with Crippen molar-refractivity contribution < 1.29 is 65.9 Å². The molecule has 0 fully saturated rings. The summed E-state index contributed by atoms with van der Waals surface area (Å²) in [7, 11) is -6.98. The summed E-state index contributed by atoms with van der Waals surface area (Å²) in [4.78, 5) is 0. The second-order valence-corrected chi connectivity index (χ2v) is 12.8. The number of halogens is 15. The van der Waals surface area contributed by atoms with Crippen LogP contribution in [-0.4, -0.2) is 8.07 Å². The molecule has 0 amide bonds. The molecule has 0 spiro atoms. The fourth-order valence-corrected chi connectivity index (χ4v) is 10.3. The van der Waals surface area contributed by atoms with E-state index >= 15 is 26.3 Å². The normalized spacial score (nSPS) is 12.7. The van der Waals surface area contributed by atoms with E-state index in [1.54, 1.807) is 0 Å². The van der Waals surface area contributed by atoms with Crippen LogP contribution in [0.15, 0.2) is 30.3 Å².